The third kappa shape index (κ3) is 6.56. The second-order valence-corrected chi connectivity index (χ2v) is 9.33. The number of esters is 2. The highest BCUT2D eigenvalue weighted by molar-refractivity contribution is 7.89. The number of carbonyl (C=O) groups excluding carboxylic acids is 3. The number of nitrogens with one attached hydrogen (secondary N) is 1. The lowest BCUT2D eigenvalue weighted by Crippen LogP contribution is -2.40. The van der Waals surface area contributed by atoms with Gasteiger partial charge in [0.15, 0.2) is 6.61 Å². The number of amides is 1. The molecular weight excluding hydrogens is 480 g/mol. The minimum atomic E-state index is -3.93. The molecule has 0 bridgehead atoms. The van der Waals surface area contributed by atoms with Crippen LogP contribution in [0.4, 0.5) is 0 Å². The van der Waals surface area contributed by atoms with E-state index < -0.39 is 34.5 Å². The van der Waals surface area contributed by atoms with E-state index in [2.05, 4.69) is 10.1 Å². The van der Waals surface area contributed by atoms with E-state index in [4.69, 9.17) is 14.2 Å². The number of morpholine rings is 1. The number of methoxy groups -OCH3 is 2. The maximum Gasteiger partial charge on any atom is 0.338 e. The highest BCUT2D eigenvalue weighted by Crippen LogP contribution is 2.28. The zero-order valence-corrected chi connectivity index (χ0v) is 20.1. The molecule has 188 valence electrons. The van der Waals surface area contributed by atoms with Crippen LogP contribution in [-0.2, 0) is 35.6 Å². The molecule has 3 rings (SSSR count). The smallest absolute Gasteiger partial charge is 0.338 e. The first kappa shape index (κ1) is 26.1. The maximum absolute atomic E-state index is 13.1. The van der Waals surface area contributed by atoms with Crippen molar-refractivity contribution >= 4 is 27.9 Å². The third-order valence-electron chi connectivity index (χ3n) is 5.19. The minimum absolute atomic E-state index is 0.0381. The second kappa shape index (κ2) is 11.8. The molecule has 0 atom stereocenters. The predicted molar refractivity (Wildman–Crippen MR) is 122 cm³/mol. The van der Waals surface area contributed by atoms with Gasteiger partial charge in [0, 0.05) is 19.6 Å². The van der Waals surface area contributed by atoms with Gasteiger partial charge in [-0.15, -0.1) is 0 Å². The first-order chi connectivity index (χ1) is 16.8. The lowest BCUT2D eigenvalue weighted by Gasteiger charge is -2.26. The fourth-order valence-corrected chi connectivity index (χ4v) is 4.86. The van der Waals surface area contributed by atoms with Crippen molar-refractivity contribution in [1.29, 1.82) is 0 Å². The quantitative estimate of drug-likeness (QED) is 0.493. The van der Waals surface area contributed by atoms with Gasteiger partial charge in [0.1, 0.15) is 10.6 Å². The lowest BCUT2D eigenvalue weighted by molar-refractivity contribution is -0.124. The summed E-state index contributed by atoms with van der Waals surface area (Å²) in [6, 6.07) is 10.4. The number of sulfonamides is 1. The van der Waals surface area contributed by atoms with Crippen LogP contribution in [0, 0.1) is 0 Å². The van der Waals surface area contributed by atoms with Crippen molar-refractivity contribution in [2.75, 3.05) is 47.1 Å². The van der Waals surface area contributed by atoms with Crippen LogP contribution in [-0.4, -0.2) is 77.7 Å². The van der Waals surface area contributed by atoms with E-state index in [0.717, 1.165) is 5.56 Å². The highest BCUT2D eigenvalue weighted by Gasteiger charge is 2.30. The van der Waals surface area contributed by atoms with Gasteiger partial charge in [-0.25, -0.2) is 18.0 Å². The first-order valence-corrected chi connectivity index (χ1v) is 12.1. The Bertz CT molecular complexity index is 1170. The van der Waals surface area contributed by atoms with Gasteiger partial charge >= 0.3 is 11.9 Å². The molecule has 1 amide bonds. The predicted octanol–water partition coefficient (Wildman–Crippen LogP) is 0.976. The highest BCUT2D eigenvalue weighted by atomic mass is 32.2. The van der Waals surface area contributed by atoms with Crippen LogP contribution in [0.15, 0.2) is 47.4 Å². The normalized spacial score (nSPS) is 14.1. The Morgan fingerprint density at radius 1 is 0.971 bits per heavy atom. The van der Waals surface area contributed by atoms with E-state index >= 15 is 0 Å². The molecule has 2 aromatic carbocycles. The molecule has 1 saturated heterocycles. The van der Waals surface area contributed by atoms with Gasteiger partial charge in [-0.05, 0) is 35.9 Å². The number of hydrogen-bond acceptors (Lipinski definition) is 9. The average Bonchev–Trinajstić information content (AvgIpc) is 2.90. The summed E-state index contributed by atoms with van der Waals surface area (Å²) in [6.07, 6.45) is 0. The Morgan fingerprint density at radius 3 is 2.26 bits per heavy atom. The monoisotopic (exact) mass is 506 g/mol. The van der Waals surface area contributed by atoms with Crippen molar-refractivity contribution in [1.82, 2.24) is 9.62 Å². The largest absolute Gasteiger partial charge is 0.495 e. The van der Waals surface area contributed by atoms with Crippen LogP contribution < -0.4 is 10.1 Å². The number of nitrogens with zero attached hydrogens (tertiary/aromatic N) is 1. The molecule has 0 aromatic heterocycles. The summed E-state index contributed by atoms with van der Waals surface area (Å²) in [7, 11) is -1.31. The van der Waals surface area contributed by atoms with Gasteiger partial charge in [-0.2, -0.15) is 4.31 Å². The summed E-state index contributed by atoms with van der Waals surface area (Å²) >= 11 is 0. The fourth-order valence-electron chi connectivity index (χ4n) is 3.27. The molecule has 0 saturated carbocycles. The van der Waals surface area contributed by atoms with Gasteiger partial charge in [0.05, 0.1) is 38.6 Å². The van der Waals surface area contributed by atoms with Crippen molar-refractivity contribution in [3.63, 3.8) is 0 Å². The van der Waals surface area contributed by atoms with Crippen LogP contribution in [0.25, 0.3) is 0 Å². The Hall–Kier alpha value is -3.48. The molecule has 0 unspecified atom stereocenters. The number of benzene rings is 2. The van der Waals surface area contributed by atoms with Crippen LogP contribution >= 0.6 is 0 Å². The van der Waals surface area contributed by atoms with Crippen molar-refractivity contribution in [3.8, 4) is 5.75 Å². The van der Waals surface area contributed by atoms with E-state index in [1.54, 1.807) is 24.3 Å². The summed E-state index contributed by atoms with van der Waals surface area (Å²) in [5.74, 6) is -1.79. The Labute approximate surface area is 203 Å². The molecule has 0 radical (unpaired) electrons. The Balaban J connectivity index is 1.60. The van der Waals surface area contributed by atoms with Crippen LogP contribution in [0.1, 0.15) is 26.3 Å². The number of hydrogen-bond donors (Lipinski definition) is 1. The van der Waals surface area contributed by atoms with E-state index in [9.17, 15) is 22.8 Å². The van der Waals surface area contributed by atoms with Crippen LogP contribution in [0.5, 0.6) is 5.75 Å². The van der Waals surface area contributed by atoms with Gasteiger partial charge in [0.2, 0.25) is 10.0 Å². The van der Waals surface area contributed by atoms with E-state index in [0.29, 0.717) is 5.56 Å². The van der Waals surface area contributed by atoms with E-state index in [1.165, 1.54) is 36.7 Å². The molecule has 1 aliphatic heterocycles. The molecule has 12 heteroatoms. The van der Waals surface area contributed by atoms with E-state index in [-0.39, 0.29) is 49.1 Å². The number of rotatable bonds is 9. The van der Waals surface area contributed by atoms with Gasteiger partial charge in [-0.3, -0.25) is 4.79 Å². The molecule has 1 aliphatic rings. The summed E-state index contributed by atoms with van der Waals surface area (Å²) in [6.45, 7) is 0.512. The Kier molecular flexibility index (Phi) is 8.79. The molecule has 1 N–H and O–H groups in total. The fraction of sp³-hybridized carbons (Fsp3) is 0.348. The van der Waals surface area contributed by atoms with Crippen molar-refractivity contribution in [2.45, 2.75) is 11.4 Å². The minimum Gasteiger partial charge on any atom is -0.495 e. The molecule has 0 aliphatic carbocycles. The van der Waals surface area contributed by atoms with Crippen LogP contribution in [0.3, 0.4) is 0 Å². The molecule has 11 nitrogen and oxygen atoms in total. The number of carbonyl (C=O) groups is 3. The van der Waals surface area contributed by atoms with Gasteiger partial charge in [0.25, 0.3) is 5.91 Å². The van der Waals surface area contributed by atoms with Crippen molar-refractivity contribution < 1.29 is 41.7 Å². The molecular formula is C23H26N2O9S. The second-order valence-electron chi connectivity index (χ2n) is 7.42. The molecule has 1 fully saturated rings. The maximum atomic E-state index is 13.1. The zero-order chi connectivity index (χ0) is 25.4. The molecule has 0 spiro atoms. The SMILES string of the molecule is COC(=O)c1ccc(CNC(=O)COC(=O)c2ccc(OC)c(S(=O)(=O)N3CCOCC3)c2)cc1. The lowest BCUT2D eigenvalue weighted by atomic mass is 10.1. The summed E-state index contributed by atoms with van der Waals surface area (Å²) in [5.41, 5.74) is 1.07. The van der Waals surface area contributed by atoms with Crippen LogP contribution in [0.2, 0.25) is 0 Å². The number of ether oxygens (including phenoxy) is 4. The standard InChI is InChI=1S/C23H26N2O9S/c1-31-19-8-7-18(13-20(19)35(29,30)25-9-11-33-12-10-25)23(28)34-15-21(26)24-14-16-3-5-17(6-4-16)22(27)32-2/h3-8,13H,9-12,14-15H2,1-2H3,(H,24,26). The van der Waals surface area contributed by atoms with Gasteiger partial charge in [-0.1, -0.05) is 12.1 Å². The molecule has 1 heterocycles. The zero-order valence-electron chi connectivity index (χ0n) is 19.3. The first-order valence-electron chi connectivity index (χ1n) is 10.6. The Morgan fingerprint density at radius 2 is 1.63 bits per heavy atom. The summed E-state index contributed by atoms with van der Waals surface area (Å²) < 4.78 is 47.4. The summed E-state index contributed by atoms with van der Waals surface area (Å²) in [4.78, 5) is 35.9. The summed E-state index contributed by atoms with van der Waals surface area (Å²) in [5, 5.41) is 2.60. The van der Waals surface area contributed by atoms with E-state index in [1.807, 2.05) is 0 Å². The van der Waals surface area contributed by atoms with Crippen molar-refractivity contribution in [3.05, 3.63) is 59.2 Å². The van der Waals surface area contributed by atoms with Crippen molar-refractivity contribution in [2.24, 2.45) is 0 Å². The topological polar surface area (TPSA) is 138 Å². The van der Waals surface area contributed by atoms with Gasteiger partial charge < -0.3 is 24.3 Å². The molecule has 2 aromatic rings. The third-order valence-corrected chi connectivity index (χ3v) is 7.11. The average molecular weight is 507 g/mol. The molecule has 35 heavy (non-hydrogen) atoms.